The lowest BCUT2D eigenvalue weighted by atomic mass is 10.1. The molecule has 4 rings (SSSR count). The summed E-state index contributed by atoms with van der Waals surface area (Å²) in [6.45, 7) is 0.719. The highest BCUT2D eigenvalue weighted by molar-refractivity contribution is 7.13. The summed E-state index contributed by atoms with van der Waals surface area (Å²) in [6, 6.07) is 9.69. The van der Waals surface area contributed by atoms with Gasteiger partial charge in [0, 0.05) is 12.7 Å². The summed E-state index contributed by atoms with van der Waals surface area (Å²) in [5.41, 5.74) is 1.31. The van der Waals surface area contributed by atoms with E-state index in [1.54, 1.807) is 6.20 Å². The van der Waals surface area contributed by atoms with E-state index in [4.69, 9.17) is 4.42 Å². The molecule has 0 spiro atoms. The zero-order chi connectivity index (χ0) is 15.6. The molecule has 6 heteroatoms. The molecule has 1 saturated heterocycles. The Morgan fingerprint density at radius 1 is 1.26 bits per heavy atom. The standard InChI is InChI=1S/C17H15N3O2S/c21-17(15-16(22-11-19-15)14-7-4-10-23-14)20-9-3-6-13(20)12-5-1-2-8-18-12/h1-2,4-5,7-8,10-11,13H,3,6,9H2. The van der Waals surface area contributed by atoms with Gasteiger partial charge in [0.05, 0.1) is 16.6 Å². The second kappa shape index (κ2) is 5.96. The van der Waals surface area contributed by atoms with E-state index in [0.717, 1.165) is 30.0 Å². The normalized spacial score (nSPS) is 17.6. The van der Waals surface area contributed by atoms with Crippen molar-refractivity contribution in [2.45, 2.75) is 18.9 Å². The van der Waals surface area contributed by atoms with Crippen LogP contribution in [-0.4, -0.2) is 27.3 Å². The van der Waals surface area contributed by atoms with Crippen molar-refractivity contribution >= 4 is 17.2 Å². The van der Waals surface area contributed by atoms with Crippen LogP contribution in [0.4, 0.5) is 0 Å². The van der Waals surface area contributed by atoms with Crippen molar-refractivity contribution in [3.8, 4) is 10.6 Å². The molecule has 0 aromatic carbocycles. The molecule has 0 aliphatic carbocycles. The Morgan fingerprint density at radius 3 is 3.00 bits per heavy atom. The minimum Gasteiger partial charge on any atom is -0.442 e. The Hall–Kier alpha value is -2.47. The average Bonchev–Trinajstić information content (AvgIpc) is 3.34. The second-order valence-corrected chi connectivity index (χ2v) is 6.37. The van der Waals surface area contributed by atoms with E-state index in [0.29, 0.717) is 11.5 Å². The van der Waals surface area contributed by atoms with Crippen LogP contribution < -0.4 is 0 Å². The summed E-state index contributed by atoms with van der Waals surface area (Å²) in [6.07, 6.45) is 5.01. The van der Waals surface area contributed by atoms with E-state index < -0.39 is 0 Å². The largest absolute Gasteiger partial charge is 0.442 e. The molecule has 1 amide bonds. The first kappa shape index (κ1) is 14.1. The van der Waals surface area contributed by atoms with E-state index in [9.17, 15) is 4.79 Å². The molecule has 1 fully saturated rings. The quantitative estimate of drug-likeness (QED) is 0.735. The first-order valence-corrected chi connectivity index (χ1v) is 8.42. The Bertz CT molecular complexity index is 798. The van der Waals surface area contributed by atoms with Gasteiger partial charge in [0.1, 0.15) is 0 Å². The third-order valence-corrected chi connectivity index (χ3v) is 4.93. The van der Waals surface area contributed by atoms with Gasteiger partial charge in [-0.2, -0.15) is 0 Å². The van der Waals surface area contributed by atoms with Crippen LogP contribution in [0.15, 0.2) is 52.7 Å². The van der Waals surface area contributed by atoms with E-state index in [-0.39, 0.29) is 11.9 Å². The van der Waals surface area contributed by atoms with Gasteiger partial charge in [0.15, 0.2) is 17.8 Å². The maximum atomic E-state index is 13.0. The van der Waals surface area contributed by atoms with Crippen LogP contribution in [0, 0.1) is 0 Å². The maximum Gasteiger partial charge on any atom is 0.277 e. The first-order valence-electron chi connectivity index (χ1n) is 7.54. The van der Waals surface area contributed by atoms with Crippen LogP contribution in [0.5, 0.6) is 0 Å². The molecule has 1 aliphatic rings. The van der Waals surface area contributed by atoms with Gasteiger partial charge in [-0.25, -0.2) is 4.98 Å². The molecule has 23 heavy (non-hydrogen) atoms. The zero-order valence-corrected chi connectivity index (χ0v) is 13.2. The fourth-order valence-corrected chi connectivity index (χ4v) is 3.72. The van der Waals surface area contributed by atoms with Crippen molar-refractivity contribution in [1.29, 1.82) is 0 Å². The maximum absolute atomic E-state index is 13.0. The number of pyridine rings is 1. The van der Waals surface area contributed by atoms with Gasteiger partial charge >= 0.3 is 0 Å². The molecule has 3 aromatic rings. The molecule has 0 N–H and O–H groups in total. The van der Waals surface area contributed by atoms with Crippen molar-refractivity contribution in [2.24, 2.45) is 0 Å². The van der Waals surface area contributed by atoms with Crippen molar-refractivity contribution in [3.63, 3.8) is 0 Å². The lowest BCUT2D eigenvalue weighted by Gasteiger charge is -2.23. The molecule has 0 bridgehead atoms. The predicted molar refractivity (Wildman–Crippen MR) is 87.1 cm³/mol. The van der Waals surface area contributed by atoms with Crippen molar-refractivity contribution in [1.82, 2.24) is 14.9 Å². The van der Waals surface area contributed by atoms with E-state index in [2.05, 4.69) is 9.97 Å². The summed E-state index contributed by atoms with van der Waals surface area (Å²) in [5, 5.41) is 1.96. The van der Waals surface area contributed by atoms with Gasteiger partial charge in [-0.05, 0) is 36.4 Å². The number of hydrogen-bond donors (Lipinski definition) is 0. The van der Waals surface area contributed by atoms with Crippen molar-refractivity contribution in [2.75, 3.05) is 6.54 Å². The fraction of sp³-hybridized carbons (Fsp3) is 0.235. The Labute approximate surface area is 137 Å². The average molecular weight is 325 g/mol. The molecule has 3 aromatic heterocycles. The van der Waals surface area contributed by atoms with Gasteiger partial charge < -0.3 is 9.32 Å². The smallest absolute Gasteiger partial charge is 0.277 e. The minimum absolute atomic E-state index is 0.0107. The fourth-order valence-electron chi connectivity index (χ4n) is 3.01. The molecule has 1 aliphatic heterocycles. The van der Waals surface area contributed by atoms with E-state index >= 15 is 0 Å². The number of amides is 1. The number of carbonyl (C=O) groups is 1. The predicted octanol–water partition coefficient (Wildman–Crippen LogP) is 3.78. The highest BCUT2D eigenvalue weighted by Crippen LogP contribution is 2.34. The molecule has 1 atom stereocenters. The number of nitrogens with zero attached hydrogens (tertiary/aromatic N) is 3. The summed E-state index contributed by atoms with van der Waals surface area (Å²) >= 11 is 1.54. The van der Waals surface area contributed by atoms with Crippen LogP contribution in [-0.2, 0) is 0 Å². The summed E-state index contributed by atoms with van der Waals surface area (Å²) in [5.74, 6) is 0.465. The zero-order valence-electron chi connectivity index (χ0n) is 12.4. The highest BCUT2D eigenvalue weighted by Gasteiger charge is 2.34. The molecule has 4 heterocycles. The van der Waals surface area contributed by atoms with Crippen molar-refractivity contribution < 1.29 is 9.21 Å². The van der Waals surface area contributed by atoms with Crippen LogP contribution in [0.25, 0.3) is 10.6 Å². The number of aromatic nitrogens is 2. The number of likely N-dealkylation sites (tertiary alicyclic amines) is 1. The van der Waals surface area contributed by atoms with E-state index in [1.807, 2.05) is 40.6 Å². The second-order valence-electron chi connectivity index (χ2n) is 5.42. The van der Waals surface area contributed by atoms with Gasteiger partial charge in [0.25, 0.3) is 5.91 Å². The molecule has 0 saturated carbocycles. The topological polar surface area (TPSA) is 59.2 Å². The lowest BCUT2D eigenvalue weighted by molar-refractivity contribution is 0.0728. The molecule has 1 unspecified atom stereocenters. The number of hydrogen-bond acceptors (Lipinski definition) is 5. The van der Waals surface area contributed by atoms with Gasteiger partial charge in [0.2, 0.25) is 0 Å². The highest BCUT2D eigenvalue weighted by atomic mass is 32.1. The number of rotatable bonds is 3. The third-order valence-electron chi connectivity index (χ3n) is 4.06. The van der Waals surface area contributed by atoms with Crippen molar-refractivity contribution in [3.05, 3.63) is 59.7 Å². The van der Waals surface area contributed by atoms with Crippen LogP contribution >= 0.6 is 11.3 Å². The monoisotopic (exact) mass is 325 g/mol. The Balaban J connectivity index is 1.66. The van der Waals surface area contributed by atoms with Crippen LogP contribution in [0.2, 0.25) is 0 Å². The van der Waals surface area contributed by atoms with Crippen LogP contribution in [0.1, 0.15) is 35.1 Å². The molecule has 5 nitrogen and oxygen atoms in total. The van der Waals surface area contributed by atoms with E-state index in [1.165, 1.54) is 17.7 Å². The summed E-state index contributed by atoms with van der Waals surface area (Å²) in [7, 11) is 0. The SMILES string of the molecule is O=C(c1ncoc1-c1cccs1)N1CCCC1c1ccccn1. The molecular formula is C17H15N3O2S. The Morgan fingerprint density at radius 2 is 2.22 bits per heavy atom. The Kier molecular flexibility index (Phi) is 3.67. The molecule has 0 radical (unpaired) electrons. The third kappa shape index (κ3) is 2.55. The molecular weight excluding hydrogens is 310 g/mol. The molecule has 116 valence electrons. The number of oxazole rings is 1. The minimum atomic E-state index is -0.0877. The number of thiophene rings is 1. The first-order chi connectivity index (χ1) is 11.3. The van der Waals surface area contributed by atoms with Gasteiger partial charge in [-0.15, -0.1) is 11.3 Å². The summed E-state index contributed by atoms with van der Waals surface area (Å²) < 4.78 is 5.47. The lowest BCUT2D eigenvalue weighted by Crippen LogP contribution is -2.31. The van der Waals surface area contributed by atoms with Crippen LogP contribution in [0.3, 0.4) is 0 Å². The summed E-state index contributed by atoms with van der Waals surface area (Å²) in [4.78, 5) is 24.3. The number of carbonyl (C=O) groups excluding carboxylic acids is 1. The van der Waals surface area contributed by atoms with Gasteiger partial charge in [-0.1, -0.05) is 12.1 Å². The van der Waals surface area contributed by atoms with Gasteiger partial charge in [-0.3, -0.25) is 9.78 Å².